The Balaban J connectivity index is 2.17. The van der Waals surface area contributed by atoms with E-state index >= 15 is 0 Å². The van der Waals surface area contributed by atoms with E-state index in [0.29, 0.717) is 15.9 Å². The molecule has 0 saturated heterocycles. The highest BCUT2D eigenvalue weighted by Gasteiger charge is 2.15. The molecule has 0 bridgehead atoms. The molecule has 0 fully saturated rings. The van der Waals surface area contributed by atoms with Gasteiger partial charge in [0.1, 0.15) is 5.82 Å². The molecule has 5 heteroatoms. The number of hydrogen-bond donors (Lipinski definition) is 1. The Labute approximate surface area is 124 Å². The van der Waals surface area contributed by atoms with E-state index in [4.69, 9.17) is 11.6 Å². The number of carbonyl (C=O) groups is 1. The van der Waals surface area contributed by atoms with Crippen molar-refractivity contribution in [2.75, 3.05) is 0 Å². The fraction of sp³-hybridized carbons (Fsp3) is 0. The summed E-state index contributed by atoms with van der Waals surface area (Å²) in [6, 6.07) is 9.95. The molecule has 1 aromatic heterocycles. The minimum atomic E-state index is -0.460. The fourth-order valence-electron chi connectivity index (χ4n) is 2.14. The van der Waals surface area contributed by atoms with Crippen LogP contribution in [-0.4, -0.2) is 10.8 Å². The van der Waals surface area contributed by atoms with E-state index in [0.717, 1.165) is 0 Å². The van der Waals surface area contributed by atoms with Crippen LogP contribution in [0.1, 0.15) is 15.9 Å². The van der Waals surface area contributed by atoms with Crippen molar-refractivity contribution in [3.63, 3.8) is 0 Å². The average molecular weight is 302 g/mol. The maximum Gasteiger partial charge on any atom is 0.200 e. The number of para-hydroxylation sites is 1. The van der Waals surface area contributed by atoms with Gasteiger partial charge in [0.2, 0.25) is 5.43 Å². The third-order valence-electron chi connectivity index (χ3n) is 3.21. The van der Waals surface area contributed by atoms with Gasteiger partial charge in [-0.1, -0.05) is 17.7 Å². The molecule has 21 heavy (non-hydrogen) atoms. The summed E-state index contributed by atoms with van der Waals surface area (Å²) >= 11 is 6.00. The topological polar surface area (TPSA) is 49.9 Å². The summed E-state index contributed by atoms with van der Waals surface area (Å²) in [6.07, 6.45) is 1.34. The minimum Gasteiger partial charge on any atom is -0.359 e. The lowest BCUT2D eigenvalue weighted by Gasteiger charge is -2.04. The summed E-state index contributed by atoms with van der Waals surface area (Å²) in [5.74, 6) is -0.899. The first-order chi connectivity index (χ1) is 10.1. The first-order valence-electron chi connectivity index (χ1n) is 6.18. The second kappa shape index (κ2) is 5.14. The predicted molar refractivity (Wildman–Crippen MR) is 79.4 cm³/mol. The maximum atomic E-state index is 12.9. The molecule has 0 aliphatic carbocycles. The highest BCUT2D eigenvalue weighted by Crippen LogP contribution is 2.19. The molecule has 0 aliphatic rings. The van der Waals surface area contributed by atoms with Crippen LogP contribution in [0.25, 0.3) is 10.9 Å². The first kappa shape index (κ1) is 13.5. The number of ketones is 1. The molecule has 0 atom stereocenters. The van der Waals surface area contributed by atoms with Gasteiger partial charge in [0, 0.05) is 17.1 Å². The van der Waals surface area contributed by atoms with Gasteiger partial charge in [-0.15, -0.1) is 0 Å². The zero-order valence-corrected chi connectivity index (χ0v) is 11.4. The van der Waals surface area contributed by atoms with E-state index in [1.165, 1.54) is 30.5 Å². The molecule has 0 spiro atoms. The van der Waals surface area contributed by atoms with Crippen molar-refractivity contribution < 1.29 is 9.18 Å². The van der Waals surface area contributed by atoms with E-state index in [1.807, 2.05) is 0 Å². The predicted octanol–water partition coefficient (Wildman–Crippen LogP) is 3.55. The molecule has 0 unspecified atom stereocenters. The van der Waals surface area contributed by atoms with Gasteiger partial charge in [-0.2, -0.15) is 0 Å². The van der Waals surface area contributed by atoms with Gasteiger partial charge in [-0.05, 0) is 36.4 Å². The number of benzene rings is 2. The number of carbonyl (C=O) groups excluding carboxylic acids is 1. The van der Waals surface area contributed by atoms with Crippen molar-refractivity contribution >= 4 is 28.3 Å². The normalized spacial score (nSPS) is 10.8. The summed E-state index contributed by atoms with van der Waals surface area (Å²) in [6.45, 7) is 0. The standard InChI is InChI=1S/C16H9ClFNO2/c17-13-3-1-2-11-14(13)19-8-12(16(11)21)15(20)9-4-6-10(18)7-5-9/h1-8H,(H,19,21). The summed E-state index contributed by atoms with van der Waals surface area (Å²) in [5, 5.41) is 0.751. The molecule has 1 N–H and O–H groups in total. The SMILES string of the molecule is O=C(c1ccc(F)cc1)c1c[nH]c2c(Cl)cccc2c1=O. The Bertz CT molecular complexity index is 900. The highest BCUT2D eigenvalue weighted by atomic mass is 35.5. The van der Waals surface area contributed by atoms with E-state index in [-0.39, 0.29) is 11.1 Å². The van der Waals surface area contributed by atoms with Crippen LogP contribution in [0, 0.1) is 5.82 Å². The Kier molecular flexibility index (Phi) is 3.31. The second-order valence-electron chi connectivity index (χ2n) is 4.53. The largest absolute Gasteiger partial charge is 0.359 e. The van der Waals surface area contributed by atoms with E-state index < -0.39 is 17.0 Å². The summed E-state index contributed by atoms with van der Waals surface area (Å²) in [4.78, 5) is 27.6. The lowest BCUT2D eigenvalue weighted by molar-refractivity contribution is 0.103. The van der Waals surface area contributed by atoms with E-state index in [1.54, 1.807) is 18.2 Å². The summed E-state index contributed by atoms with van der Waals surface area (Å²) in [5.41, 5.74) is 0.333. The van der Waals surface area contributed by atoms with Crippen LogP contribution in [0.2, 0.25) is 5.02 Å². The van der Waals surface area contributed by atoms with Crippen LogP contribution < -0.4 is 5.43 Å². The van der Waals surface area contributed by atoms with Crippen LogP contribution in [-0.2, 0) is 0 Å². The molecule has 0 amide bonds. The van der Waals surface area contributed by atoms with Crippen LogP contribution >= 0.6 is 11.6 Å². The molecule has 3 aromatic rings. The van der Waals surface area contributed by atoms with Crippen molar-refractivity contribution in [2.24, 2.45) is 0 Å². The monoisotopic (exact) mass is 301 g/mol. The van der Waals surface area contributed by atoms with Crippen molar-refractivity contribution in [1.82, 2.24) is 4.98 Å². The third kappa shape index (κ3) is 2.34. The number of hydrogen-bond acceptors (Lipinski definition) is 2. The lowest BCUT2D eigenvalue weighted by atomic mass is 10.0. The van der Waals surface area contributed by atoms with Crippen LogP contribution in [0.4, 0.5) is 4.39 Å². The fourth-order valence-corrected chi connectivity index (χ4v) is 2.37. The van der Waals surface area contributed by atoms with Gasteiger partial charge in [0.15, 0.2) is 5.78 Å². The van der Waals surface area contributed by atoms with Gasteiger partial charge in [0.25, 0.3) is 0 Å². The number of rotatable bonds is 2. The number of aromatic amines is 1. The molecule has 3 nitrogen and oxygen atoms in total. The third-order valence-corrected chi connectivity index (χ3v) is 3.53. The van der Waals surface area contributed by atoms with Crippen molar-refractivity contribution in [1.29, 1.82) is 0 Å². The molecule has 3 rings (SSSR count). The van der Waals surface area contributed by atoms with E-state index in [2.05, 4.69) is 4.98 Å². The zero-order chi connectivity index (χ0) is 15.0. The number of pyridine rings is 1. The Morgan fingerprint density at radius 2 is 1.81 bits per heavy atom. The Morgan fingerprint density at radius 3 is 2.52 bits per heavy atom. The van der Waals surface area contributed by atoms with Gasteiger partial charge in [-0.3, -0.25) is 9.59 Å². The average Bonchev–Trinajstić information content (AvgIpc) is 2.49. The maximum absolute atomic E-state index is 12.9. The van der Waals surface area contributed by atoms with Crippen LogP contribution in [0.3, 0.4) is 0 Å². The summed E-state index contributed by atoms with van der Waals surface area (Å²) in [7, 11) is 0. The second-order valence-corrected chi connectivity index (χ2v) is 4.94. The van der Waals surface area contributed by atoms with Crippen molar-refractivity contribution in [3.05, 3.63) is 80.9 Å². The Hall–Kier alpha value is -2.46. The molecule has 1 heterocycles. The number of H-pyrrole nitrogens is 1. The van der Waals surface area contributed by atoms with Gasteiger partial charge >= 0.3 is 0 Å². The molecular weight excluding hydrogens is 293 g/mol. The summed E-state index contributed by atoms with van der Waals surface area (Å²) < 4.78 is 12.9. The molecule has 104 valence electrons. The minimum absolute atomic E-state index is 0.00336. The number of fused-ring (bicyclic) bond motifs is 1. The smallest absolute Gasteiger partial charge is 0.200 e. The van der Waals surface area contributed by atoms with Crippen molar-refractivity contribution in [3.8, 4) is 0 Å². The number of halogens is 2. The van der Waals surface area contributed by atoms with E-state index in [9.17, 15) is 14.0 Å². The van der Waals surface area contributed by atoms with Gasteiger partial charge in [0.05, 0.1) is 16.1 Å². The molecular formula is C16H9ClFNO2. The van der Waals surface area contributed by atoms with Crippen LogP contribution in [0.15, 0.2) is 53.5 Å². The molecule has 0 saturated carbocycles. The molecule has 0 radical (unpaired) electrons. The molecule has 2 aromatic carbocycles. The number of nitrogens with one attached hydrogen (secondary N) is 1. The van der Waals surface area contributed by atoms with Crippen LogP contribution in [0.5, 0.6) is 0 Å². The lowest BCUT2D eigenvalue weighted by Crippen LogP contribution is -2.16. The zero-order valence-electron chi connectivity index (χ0n) is 10.7. The van der Waals surface area contributed by atoms with Gasteiger partial charge in [-0.25, -0.2) is 4.39 Å². The van der Waals surface area contributed by atoms with Gasteiger partial charge < -0.3 is 4.98 Å². The van der Waals surface area contributed by atoms with Crippen molar-refractivity contribution in [2.45, 2.75) is 0 Å². The molecule has 0 aliphatic heterocycles. The first-order valence-corrected chi connectivity index (χ1v) is 6.56. The highest BCUT2D eigenvalue weighted by molar-refractivity contribution is 6.35. The quantitative estimate of drug-likeness (QED) is 0.736. The number of aromatic nitrogens is 1. The Morgan fingerprint density at radius 1 is 1.10 bits per heavy atom.